The zero-order valence-electron chi connectivity index (χ0n) is 22.9. The minimum atomic E-state index is 0.401. The van der Waals surface area contributed by atoms with Crippen LogP contribution < -0.4 is 11.1 Å². The van der Waals surface area contributed by atoms with Gasteiger partial charge in [0.1, 0.15) is 17.8 Å². The Kier molecular flexibility index (Phi) is 6.98. The molecule has 0 unspecified atom stereocenters. The van der Waals surface area contributed by atoms with Gasteiger partial charge in [0.05, 0.1) is 21.4 Å². The third-order valence-corrected chi connectivity index (χ3v) is 9.24. The van der Waals surface area contributed by atoms with E-state index in [1.54, 1.807) is 18.5 Å². The van der Waals surface area contributed by atoms with E-state index in [0.29, 0.717) is 39.4 Å². The Labute approximate surface area is 248 Å². The predicted molar refractivity (Wildman–Crippen MR) is 167 cm³/mol. The fourth-order valence-electron chi connectivity index (χ4n) is 6.46. The standard InChI is InChI=1S/C30H33Cl2N9/c1-39-10-12-40(13-11-39)21-6-8-22(9-7-21)41-16-23(26-28(33)34-17-35-29(26)41)18-2-4-20(5-3-18)36-30-37-25-15-19(31)14-24(32)27(25)38-30/h2-5,14-17,21-22H,6-13H2,1H3,(H2,33,34,35)(H2,36,37,38)/t21-,22-. The molecule has 0 amide bonds. The Bertz CT molecular complexity index is 1700. The van der Waals surface area contributed by atoms with Crippen molar-refractivity contribution in [1.29, 1.82) is 0 Å². The highest BCUT2D eigenvalue weighted by atomic mass is 35.5. The lowest BCUT2D eigenvalue weighted by Crippen LogP contribution is -2.49. The molecule has 3 aromatic heterocycles. The van der Waals surface area contributed by atoms with Gasteiger partial charge >= 0.3 is 0 Å². The van der Waals surface area contributed by atoms with E-state index in [1.165, 1.54) is 25.9 Å². The molecule has 7 rings (SSSR count). The van der Waals surface area contributed by atoms with Gasteiger partial charge in [-0.1, -0.05) is 35.3 Å². The number of hydrogen-bond donors (Lipinski definition) is 3. The van der Waals surface area contributed by atoms with Crippen molar-refractivity contribution in [3.63, 3.8) is 0 Å². The van der Waals surface area contributed by atoms with Gasteiger partial charge in [0.2, 0.25) is 5.95 Å². The second-order valence-corrected chi connectivity index (χ2v) is 12.1. The molecule has 41 heavy (non-hydrogen) atoms. The lowest BCUT2D eigenvalue weighted by atomic mass is 9.89. The Balaban J connectivity index is 1.12. The summed E-state index contributed by atoms with van der Waals surface area (Å²) in [6, 6.07) is 12.8. The first-order valence-electron chi connectivity index (χ1n) is 14.2. The molecule has 1 aliphatic heterocycles. The number of rotatable bonds is 5. The first-order valence-corrected chi connectivity index (χ1v) is 14.9. The molecule has 5 aromatic rings. The smallest absolute Gasteiger partial charge is 0.205 e. The zero-order valence-corrected chi connectivity index (χ0v) is 24.5. The number of likely N-dealkylation sites (N-methyl/N-ethyl adjacent to an activating group) is 1. The summed E-state index contributed by atoms with van der Waals surface area (Å²) in [7, 11) is 2.22. The van der Waals surface area contributed by atoms with E-state index < -0.39 is 0 Å². The van der Waals surface area contributed by atoms with Crippen LogP contribution in [0.1, 0.15) is 31.7 Å². The summed E-state index contributed by atoms with van der Waals surface area (Å²) >= 11 is 12.5. The van der Waals surface area contributed by atoms with Crippen LogP contribution >= 0.6 is 23.2 Å². The SMILES string of the molecule is CN1CCN([C@H]2CC[C@H](n3cc(-c4ccc(Nc5nc6cc(Cl)cc(Cl)c6[nH]5)cc4)c4c(N)ncnc43)CC2)CC1. The summed E-state index contributed by atoms with van der Waals surface area (Å²) in [5.74, 6) is 1.10. The summed E-state index contributed by atoms with van der Waals surface area (Å²) in [6.07, 6.45) is 8.50. The Morgan fingerprint density at radius 3 is 2.44 bits per heavy atom. The molecule has 1 saturated carbocycles. The van der Waals surface area contributed by atoms with E-state index in [0.717, 1.165) is 59.3 Å². The molecule has 9 nitrogen and oxygen atoms in total. The molecule has 0 bridgehead atoms. The maximum absolute atomic E-state index is 6.44. The number of halogens is 2. The van der Waals surface area contributed by atoms with E-state index in [-0.39, 0.29) is 0 Å². The summed E-state index contributed by atoms with van der Waals surface area (Å²) < 4.78 is 2.35. The Morgan fingerprint density at radius 2 is 1.68 bits per heavy atom. The third-order valence-electron chi connectivity index (χ3n) is 8.72. The van der Waals surface area contributed by atoms with Gasteiger partial charge in [-0.05, 0) is 62.6 Å². The van der Waals surface area contributed by atoms with Crippen LogP contribution in [0.5, 0.6) is 0 Å². The summed E-state index contributed by atoms with van der Waals surface area (Å²) in [5, 5.41) is 5.33. The van der Waals surface area contributed by atoms with Crippen LogP contribution in [0.2, 0.25) is 10.0 Å². The van der Waals surface area contributed by atoms with Crippen LogP contribution in [0.3, 0.4) is 0 Å². The minimum absolute atomic E-state index is 0.401. The molecular formula is C30H33Cl2N9. The highest BCUT2D eigenvalue weighted by molar-refractivity contribution is 6.38. The third kappa shape index (κ3) is 5.12. The molecule has 0 atom stereocenters. The average Bonchev–Trinajstić information content (AvgIpc) is 3.56. The highest BCUT2D eigenvalue weighted by Gasteiger charge is 2.30. The molecule has 212 valence electrons. The Hall–Kier alpha value is -3.37. The average molecular weight is 591 g/mol. The molecule has 4 N–H and O–H groups in total. The fraction of sp³-hybridized carbons (Fsp3) is 0.367. The van der Waals surface area contributed by atoms with Crippen molar-refractivity contribution in [2.45, 2.75) is 37.8 Å². The number of piperazine rings is 1. The molecule has 2 aromatic carbocycles. The number of nitrogens with two attached hydrogens (primary N) is 1. The molecule has 1 saturated heterocycles. The largest absolute Gasteiger partial charge is 0.383 e. The van der Waals surface area contributed by atoms with Crippen molar-refractivity contribution in [3.05, 3.63) is 59.0 Å². The minimum Gasteiger partial charge on any atom is -0.383 e. The number of imidazole rings is 1. The van der Waals surface area contributed by atoms with Gasteiger partial charge < -0.3 is 25.5 Å². The number of nitrogens with one attached hydrogen (secondary N) is 2. The number of nitrogens with zero attached hydrogens (tertiary/aromatic N) is 6. The number of nitrogen functional groups attached to an aromatic ring is 1. The first-order chi connectivity index (χ1) is 19.9. The van der Waals surface area contributed by atoms with E-state index in [2.05, 4.69) is 60.0 Å². The van der Waals surface area contributed by atoms with Gasteiger partial charge in [0.15, 0.2) is 0 Å². The van der Waals surface area contributed by atoms with E-state index in [4.69, 9.17) is 33.9 Å². The van der Waals surface area contributed by atoms with Crippen LogP contribution in [-0.2, 0) is 0 Å². The summed E-state index contributed by atoms with van der Waals surface area (Å²) in [5.41, 5.74) is 11.8. The molecule has 0 radical (unpaired) electrons. The van der Waals surface area contributed by atoms with Crippen molar-refractivity contribution in [3.8, 4) is 11.1 Å². The molecule has 0 spiro atoms. The van der Waals surface area contributed by atoms with Crippen LogP contribution in [0, 0.1) is 0 Å². The number of aromatic amines is 1. The van der Waals surface area contributed by atoms with Crippen LogP contribution in [0.15, 0.2) is 48.9 Å². The lowest BCUT2D eigenvalue weighted by molar-refractivity contribution is 0.0828. The van der Waals surface area contributed by atoms with Gasteiger partial charge in [0.25, 0.3) is 0 Å². The quantitative estimate of drug-likeness (QED) is 0.220. The van der Waals surface area contributed by atoms with Gasteiger partial charge in [-0.2, -0.15) is 0 Å². The van der Waals surface area contributed by atoms with Crippen LogP contribution in [0.4, 0.5) is 17.5 Å². The van der Waals surface area contributed by atoms with Crippen molar-refractivity contribution >= 4 is 62.7 Å². The van der Waals surface area contributed by atoms with Crippen molar-refractivity contribution in [2.24, 2.45) is 0 Å². The van der Waals surface area contributed by atoms with Gasteiger partial charge in [-0.15, -0.1) is 0 Å². The number of benzene rings is 2. The van der Waals surface area contributed by atoms with Crippen molar-refractivity contribution in [2.75, 3.05) is 44.3 Å². The number of aromatic nitrogens is 5. The van der Waals surface area contributed by atoms with Crippen LogP contribution in [0.25, 0.3) is 33.2 Å². The molecule has 4 heterocycles. The predicted octanol–water partition coefficient (Wildman–Crippen LogP) is 6.34. The maximum Gasteiger partial charge on any atom is 0.205 e. The molecule has 1 aliphatic carbocycles. The summed E-state index contributed by atoms with van der Waals surface area (Å²) in [4.78, 5) is 22.0. The van der Waals surface area contributed by atoms with Gasteiger partial charge in [-0.3, -0.25) is 4.90 Å². The van der Waals surface area contributed by atoms with Gasteiger partial charge in [-0.25, -0.2) is 15.0 Å². The highest BCUT2D eigenvalue weighted by Crippen LogP contribution is 2.39. The second kappa shape index (κ2) is 10.8. The van der Waals surface area contributed by atoms with E-state index in [1.807, 2.05) is 12.1 Å². The number of hydrogen-bond acceptors (Lipinski definition) is 7. The molecule has 2 fully saturated rings. The normalized spacial score (nSPS) is 20.7. The Morgan fingerprint density at radius 1 is 0.951 bits per heavy atom. The second-order valence-electron chi connectivity index (χ2n) is 11.3. The number of fused-ring (bicyclic) bond motifs is 2. The van der Waals surface area contributed by atoms with Crippen molar-refractivity contribution < 1.29 is 0 Å². The lowest BCUT2D eigenvalue weighted by Gasteiger charge is -2.41. The van der Waals surface area contributed by atoms with Crippen molar-refractivity contribution in [1.82, 2.24) is 34.3 Å². The molecule has 2 aliphatic rings. The van der Waals surface area contributed by atoms with E-state index in [9.17, 15) is 0 Å². The number of anilines is 3. The fourth-order valence-corrected chi connectivity index (χ4v) is 6.99. The zero-order chi connectivity index (χ0) is 28.1. The number of H-pyrrole nitrogens is 1. The topological polar surface area (TPSA) is 104 Å². The molecule has 11 heteroatoms. The summed E-state index contributed by atoms with van der Waals surface area (Å²) in [6.45, 7) is 4.68. The van der Waals surface area contributed by atoms with E-state index >= 15 is 0 Å². The maximum atomic E-state index is 6.44. The van der Waals surface area contributed by atoms with Crippen LogP contribution in [-0.4, -0.2) is 73.6 Å². The monoisotopic (exact) mass is 589 g/mol. The van der Waals surface area contributed by atoms with Gasteiger partial charge in [0, 0.05) is 60.7 Å². The molecular weight excluding hydrogens is 557 g/mol. The first kappa shape index (κ1) is 26.5.